The molecular formula is C14H16BrN3. The number of benzene rings is 1. The Balaban J connectivity index is 2.35. The number of hydrazone groups is 1. The van der Waals surface area contributed by atoms with E-state index in [1.165, 1.54) is 0 Å². The smallest absolute Gasteiger partial charge is 0.159 e. The lowest BCUT2D eigenvalue weighted by atomic mass is 9.96. The molecule has 0 spiro atoms. The first-order valence-electron chi connectivity index (χ1n) is 5.92. The van der Waals surface area contributed by atoms with Crippen LogP contribution in [0, 0.1) is 11.3 Å². The van der Waals surface area contributed by atoms with Crippen molar-refractivity contribution in [2.45, 2.75) is 38.8 Å². The summed E-state index contributed by atoms with van der Waals surface area (Å²) < 4.78 is 1.02. The largest absolute Gasteiger partial charge is 0.269 e. The minimum Gasteiger partial charge on any atom is -0.269 e. The summed E-state index contributed by atoms with van der Waals surface area (Å²) in [6.45, 7) is 6.25. The van der Waals surface area contributed by atoms with E-state index in [1.807, 2.05) is 36.2 Å². The Kier molecular flexibility index (Phi) is 3.45. The van der Waals surface area contributed by atoms with Gasteiger partial charge in [0, 0.05) is 16.6 Å². The third kappa shape index (κ3) is 2.41. The van der Waals surface area contributed by atoms with Crippen LogP contribution in [0.5, 0.6) is 0 Å². The van der Waals surface area contributed by atoms with Crippen LogP contribution in [0.4, 0.5) is 0 Å². The quantitative estimate of drug-likeness (QED) is 0.832. The summed E-state index contributed by atoms with van der Waals surface area (Å²) in [5.41, 5.74) is 1.96. The highest BCUT2D eigenvalue weighted by Crippen LogP contribution is 2.35. The number of hydrogen-bond donors (Lipinski definition) is 0. The fourth-order valence-corrected chi connectivity index (χ4v) is 2.65. The predicted octanol–water partition coefficient (Wildman–Crippen LogP) is 3.87. The van der Waals surface area contributed by atoms with Crippen molar-refractivity contribution < 1.29 is 0 Å². The third-order valence-corrected chi connectivity index (χ3v) is 3.67. The van der Waals surface area contributed by atoms with Crippen molar-refractivity contribution in [1.82, 2.24) is 5.01 Å². The highest BCUT2D eigenvalue weighted by atomic mass is 79.9. The summed E-state index contributed by atoms with van der Waals surface area (Å²) in [4.78, 5) is 0. The number of halogens is 1. The number of rotatable bonds is 2. The van der Waals surface area contributed by atoms with Crippen LogP contribution in [0.2, 0.25) is 0 Å². The van der Waals surface area contributed by atoms with Gasteiger partial charge < -0.3 is 0 Å². The van der Waals surface area contributed by atoms with Crippen molar-refractivity contribution in [3.63, 3.8) is 0 Å². The van der Waals surface area contributed by atoms with Gasteiger partial charge in [-0.15, -0.1) is 0 Å². The van der Waals surface area contributed by atoms with Gasteiger partial charge in [-0.3, -0.25) is 5.01 Å². The SMILES string of the molecule is CC1=NN([C@H](C#N)c2ccc(Br)cc2)C(C)(C)C1. The molecule has 18 heavy (non-hydrogen) atoms. The van der Waals surface area contributed by atoms with E-state index < -0.39 is 0 Å². The second-order valence-electron chi connectivity index (χ2n) is 5.25. The normalized spacial score (nSPS) is 19.3. The summed E-state index contributed by atoms with van der Waals surface area (Å²) >= 11 is 3.41. The molecule has 0 bridgehead atoms. The van der Waals surface area contributed by atoms with E-state index in [9.17, 15) is 5.26 Å². The molecule has 4 heteroatoms. The molecule has 0 fully saturated rings. The van der Waals surface area contributed by atoms with E-state index >= 15 is 0 Å². The van der Waals surface area contributed by atoms with Crippen LogP contribution in [0.15, 0.2) is 33.8 Å². The summed E-state index contributed by atoms with van der Waals surface area (Å²) in [5, 5.41) is 15.9. The van der Waals surface area contributed by atoms with Crippen molar-refractivity contribution in [2.24, 2.45) is 5.10 Å². The summed E-state index contributed by atoms with van der Waals surface area (Å²) in [7, 11) is 0. The molecule has 0 amide bonds. The Labute approximate surface area is 116 Å². The standard InChI is InChI=1S/C14H16BrN3/c1-10-8-14(2,3)18(17-10)13(9-16)11-4-6-12(15)7-5-11/h4-7,13H,8H2,1-3H3/t13-/m1/s1. The Bertz CT molecular complexity index is 511. The molecule has 0 unspecified atom stereocenters. The van der Waals surface area contributed by atoms with Gasteiger partial charge in [0.25, 0.3) is 0 Å². The maximum Gasteiger partial charge on any atom is 0.159 e. The maximum atomic E-state index is 9.46. The molecule has 1 aromatic rings. The molecule has 1 heterocycles. The van der Waals surface area contributed by atoms with E-state index in [2.05, 4.69) is 40.9 Å². The van der Waals surface area contributed by atoms with Gasteiger partial charge in [-0.25, -0.2) is 0 Å². The summed E-state index contributed by atoms with van der Waals surface area (Å²) in [5.74, 6) is 0. The average Bonchev–Trinajstić information content (AvgIpc) is 2.56. The monoisotopic (exact) mass is 305 g/mol. The minimum absolute atomic E-state index is 0.0996. The van der Waals surface area contributed by atoms with Crippen LogP contribution in [0.25, 0.3) is 0 Å². The fraction of sp³-hybridized carbons (Fsp3) is 0.429. The van der Waals surface area contributed by atoms with Crippen LogP contribution >= 0.6 is 15.9 Å². The highest BCUT2D eigenvalue weighted by molar-refractivity contribution is 9.10. The summed E-state index contributed by atoms with van der Waals surface area (Å²) in [6, 6.07) is 9.89. The zero-order valence-electron chi connectivity index (χ0n) is 10.8. The van der Waals surface area contributed by atoms with E-state index in [0.29, 0.717) is 0 Å². The Morgan fingerprint density at radius 1 is 1.39 bits per heavy atom. The van der Waals surface area contributed by atoms with Crippen LogP contribution < -0.4 is 0 Å². The fourth-order valence-electron chi connectivity index (χ4n) is 2.38. The maximum absolute atomic E-state index is 9.46. The average molecular weight is 306 g/mol. The van der Waals surface area contributed by atoms with Gasteiger partial charge in [0.2, 0.25) is 0 Å². The molecule has 1 aromatic carbocycles. The molecule has 1 aliphatic rings. The van der Waals surface area contributed by atoms with Crippen molar-refractivity contribution in [1.29, 1.82) is 5.26 Å². The number of nitrogens with zero attached hydrogens (tertiary/aromatic N) is 3. The van der Waals surface area contributed by atoms with Gasteiger partial charge in [0.15, 0.2) is 6.04 Å². The lowest BCUT2D eigenvalue weighted by Gasteiger charge is -2.34. The van der Waals surface area contributed by atoms with E-state index in [-0.39, 0.29) is 11.6 Å². The molecule has 94 valence electrons. The van der Waals surface area contributed by atoms with Gasteiger partial charge in [-0.2, -0.15) is 10.4 Å². The molecular weight excluding hydrogens is 290 g/mol. The van der Waals surface area contributed by atoms with Crippen LogP contribution in [0.1, 0.15) is 38.8 Å². The van der Waals surface area contributed by atoms with Gasteiger partial charge in [0.05, 0.1) is 11.6 Å². The highest BCUT2D eigenvalue weighted by Gasteiger charge is 2.37. The minimum atomic E-state index is -0.328. The van der Waals surface area contributed by atoms with E-state index in [0.717, 1.165) is 22.2 Å². The molecule has 0 N–H and O–H groups in total. The first-order valence-corrected chi connectivity index (χ1v) is 6.72. The number of hydrogen-bond acceptors (Lipinski definition) is 3. The van der Waals surface area contributed by atoms with Crippen LogP contribution in [0.3, 0.4) is 0 Å². The first kappa shape index (κ1) is 13.1. The zero-order valence-corrected chi connectivity index (χ0v) is 12.4. The molecule has 0 radical (unpaired) electrons. The molecule has 0 aliphatic carbocycles. The number of nitriles is 1. The van der Waals surface area contributed by atoms with Gasteiger partial charge in [-0.1, -0.05) is 28.1 Å². The van der Waals surface area contributed by atoms with Gasteiger partial charge >= 0.3 is 0 Å². The van der Waals surface area contributed by atoms with Crippen molar-refractivity contribution in [3.05, 3.63) is 34.3 Å². The van der Waals surface area contributed by atoms with Crippen LogP contribution in [-0.2, 0) is 0 Å². The Hall–Kier alpha value is -1.34. The second kappa shape index (κ2) is 4.74. The molecule has 1 atom stereocenters. The van der Waals surface area contributed by atoms with E-state index in [4.69, 9.17) is 0 Å². The lowest BCUT2D eigenvalue weighted by molar-refractivity contribution is 0.123. The molecule has 0 saturated carbocycles. The third-order valence-electron chi connectivity index (χ3n) is 3.14. The summed E-state index contributed by atoms with van der Waals surface area (Å²) in [6.07, 6.45) is 0.904. The topological polar surface area (TPSA) is 39.4 Å². The van der Waals surface area contributed by atoms with Crippen molar-refractivity contribution >= 4 is 21.6 Å². The molecule has 0 aromatic heterocycles. The first-order chi connectivity index (χ1) is 8.44. The molecule has 3 nitrogen and oxygen atoms in total. The zero-order chi connectivity index (χ0) is 13.3. The van der Waals surface area contributed by atoms with Crippen molar-refractivity contribution in [2.75, 3.05) is 0 Å². The van der Waals surface area contributed by atoms with Crippen molar-refractivity contribution in [3.8, 4) is 6.07 Å². The van der Waals surface area contributed by atoms with E-state index in [1.54, 1.807) is 0 Å². The van der Waals surface area contributed by atoms with Crippen LogP contribution in [-0.4, -0.2) is 16.3 Å². The predicted molar refractivity (Wildman–Crippen MR) is 76.1 cm³/mol. The lowest BCUT2D eigenvalue weighted by Crippen LogP contribution is -2.38. The van der Waals surface area contributed by atoms with Gasteiger partial charge in [0.1, 0.15) is 0 Å². The molecule has 0 saturated heterocycles. The molecule has 2 rings (SSSR count). The Morgan fingerprint density at radius 2 is 2.00 bits per heavy atom. The van der Waals surface area contributed by atoms with Gasteiger partial charge in [-0.05, 0) is 38.5 Å². The molecule has 1 aliphatic heterocycles. The second-order valence-corrected chi connectivity index (χ2v) is 6.17. The Morgan fingerprint density at radius 3 is 2.44 bits per heavy atom.